The van der Waals surface area contributed by atoms with Gasteiger partial charge in [-0.25, -0.2) is 0 Å². The van der Waals surface area contributed by atoms with Crippen LogP contribution in [-0.2, 0) is 9.47 Å². The first-order valence-electron chi connectivity index (χ1n) is 11.5. The molecule has 33 heavy (non-hydrogen) atoms. The molecule has 0 spiro atoms. The van der Waals surface area contributed by atoms with Gasteiger partial charge in [-0.2, -0.15) is 0 Å². The molecular formula is C25H33N5O3. The molecule has 2 aromatic rings. The molecule has 0 unspecified atom stereocenters. The maximum absolute atomic E-state index is 12.5. The topological polar surface area (TPSA) is 92.1 Å². The zero-order valence-electron chi connectivity index (χ0n) is 19.0. The third kappa shape index (κ3) is 6.40. The van der Waals surface area contributed by atoms with Gasteiger partial charge >= 0.3 is 0 Å². The number of hydrogen-bond donors (Lipinski definition) is 3. The molecule has 1 atom stereocenters. The summed E-state index contributed by atoms with van der Waals surface area (Å²) in [5.41, 5.74) is 8.76. The minimum Gasteiger partial charge on any atom is -0.478 e. The van der Waals surface area contributed by atoms with Crippen molar-refractivity contribution in [1.29, 1.82) is 0 Å². The summed E-state index contributed by atoms with van der Waals surface area (Å²) < 4.78 is 11.2. The maximum Gasteiger partial charge on any atom is 0.255 e. The van der Waals surface area contributed by atoms with Gasteiger partial charge in [-0.1, -0.05) is 12.1 Å². The molecule has 2 aromatic carbocycles. The summed E-state index contributed by atoms with van der Waals surface area (Å²) in [6, 6.07) is 15.2. The average Bonchev–Trinajstić information content (AvgIpc) is 3.29. The molecule has 0 saturated carbocycles. The van der Waals surface area contributed by atoms with Crippen molar-refractivity contribution in [2.75, 3.05) is 68.5 Å². The van der Waals surface area contributed by atoms with Gasteiger partial charge in [-0.3, -0.25) is 9.69 Å². The summed E-state index contributed by atoms with van der Waals surface area (Å²) in [6.07, 6.45) is 1.00. The number of rotatable bonds is 9. The van der Waals surface area contributed by atoms with E-state index in [4.69, 9.17) is 15.2 Å². The van der Waals surface area contributed by atoms with Crippen LogP contribution in [0.25, 0.3) is 0 Å². The molecule has 2 aliphatic rings. The number of carbonyl (C=O) groups is 1. The lowest BCUT2D eigenvalue weighted by Gasteiger charge is -2.26. The first-order chi connectivity index (χ1) is 16.1. The summed E-state index contributed by atoms with van der Waals surface area (Å²) >= 11 is 0. The Labute approximate surface area is 195 Å². The van der Waals surface area contributed by atoms with Crippen molar-refractivity contribution in [2.24, 2.45) is 0 Å². The van der Waals surface area contributed by atoms with Gasteiger partial charge in [-0.15, -0.1) is 0 Å². The maximum atomic E-state index is 12.5. The van der Waals surface area contributed by atoms with Crippen molar-refractivity contribution in [2.45, 2.75) is 12.5 Å². The molecular weight excluding hydrogens is 418 g/mol. The van der Waals surface area contributed by atoms with Gasteiger partial charge < -0.3 is 30.7 Å². The van der Waals surface area contributed by atoms with Crippen molar-refractivity contribution < 1.29 is 14.3 Å². The van der Waals surface area contributed by atoms with Gasteiger partial charge in [0.15, 0.2) is 5.88 Å². The van der Waals surface area contributed by atoms with E-state index in [1.54, 1.807) is 12.1 Å². The Balaban J connectivity index is 1.21. The first-order valence-corrected chi connectivity index (χ1v) is 11.5. The monoisotopic (exact) mass is 451 g/mol. The Morgan fingerprint density at radius 1 is 1.12 bits per heavy atom. The summed E-state index contributed by atoms with van der Waals surface area (Å²) in [4.78, 5) is 17.2. The quantitative estimate of drug-likeness (QED) is 0.399. The molecule has 1 amide bonds. The van der Waals surface area contributed by atoms with Gasteiger partial charge in [0.2, 0.25) is 0 Å². The molecule has 8 nitrogen and oxygen atoms in total. The molecule has 0 aliphatic carbocycles. The van der Waals surface area contributed by atoms with E-state index >= 15 is 0 Å². The van der Waals surface area contributed by atoms with Gasteiger partial charge in [-0.05, 0) is 49.4 Å². The second-order valence-electron chi connectivity index (χ2n) is 8.39. The van der Waals surface area contributed by atoms with E-state index in [2.05, 4.69) is 27.0 Å². The van der Waals surface area contributed by atoms with E-state index in [1.807, 2.05) is 36.4 Å². The van der Waals surface area contributed by atoms with Crippen molar-refractivity contribution in [3.8, 4) is 0 Å². The van der Waals surface area contributed by atoms with E-state index in [1.165, 1.54) is 0 Å². The van der Waals surface area contributed by atoms with Gasteiger partial charge in [0.05, 0.1) is 24.6 Å². The van der Waals surface area contributed by atoms with Crippen LogP contribution in [0.4, 0.5) is 17.1 Å². The zero-order chi connectivity index (χ0) is 23.0. The normalized spacial score (nSPS) is 18.7. The van der Waals surface area contributed by atoms with Crippen LogP contribution in [0, 0.1) is 0 Å². The largest absolute Gasteiger partial charge is 0.478 e. The predicted molar refractivity (Wildman–Crippen MR) is 131 cm³/mol. The molecule has 2 saturated heterocycles. The fraction of sp³-hybridized carbons (Fsp3) is 0.400. The number of ether oxygens (including phenoxy) is 2. The van der Waals surface area contributed by atoms with E-state index in [9.17, 15) is 4.79 Å². The third-order valence-corrected chi connectivity index (χ3v) is 6.04. The molecule has 176 valence electrons. The van der Waals surface area contributed by atoms with E-state index < -0.39 is 0 Å². The summed E-state index contributed by atoms with van der Waals surface area (Å²) in [6.45, 7) is 10.8. The smallest absolute Gasteiger partial charge is 0.255 e. The first kappa shape index (κ1) is 22.9. The number of benzene rings is 2. The SMILES string of the molecule is C=C(N[C@H]1CCN(c2ccc(C(=O)Nc3ccccc3N)cc2)C1)OCCN1CCOCC1. The van der Waals surface area contributed by atoms with E-state index in [0.29, 0.717) is 29.4 Å². The second-order valence-corrected chi connectivity index (χ2v) is 8.39. The highest BCUT2D eigenvalue weighted by atomic mass is 16.5. The fourth-order valence-corrected chi connectivity index (χ4v) is 4.13. The summed E-state index contributed by atoms with van der Waals surface area (Å²) in [5.74, 6) is 0.452. The summed E-state index contributed by atoms with van der Waals surface area (Å²) in [7, 11) is 0. The predicted octanol–water partition coefficient (Wildman–Crippen LogP) is 2.51. The number of carbonyl (C=O) groups excluding carboxylic acids is 1. The number of amides is 1. The number of anilines is 3. The molecule has 2 heterocycles. The molecule has 0 radical (unpaired) electrons. The van der Waals surface area contributed by atoms with Gasteiger partial charge in [0.1, 0.15) is 6.61 Å². The van der Waals surface area contributed by atoms with Crippen molar-refractivity contribution >= 4 is 23.0 Å². The van der Waals surface area contributed by atoms with E-state index in [0.717, 1.165) is 58.0 Å². The Morgan fingerprint density at radius 2 is 1.88 bits per heavy atom. The number of nitrogen functional groups attached to an aromatic ring is 1. The Kier molecular flexibility index (Phi) is 7.70. The molecule has 8 heteroatoms. The number of para-hydroxylation sites is 2. The summed E-state index contributed by atoms with van der Waals surface area (Å²) in [5, 5.41) is 6.26. The van der Waals surface area contributed by atoms with Crippen LogP contribution >= 0.6 is 0 Å². The van der Waals surface area contributed by atoms with Crippen LogP contribution in [0.15, 0.2) is 61.0 Å². The molecule has 4 rings (SSSR count). The molecule has 0 bridgehead atoms. The highest BCUT2D eigenvalue weighted by molar-refractivity contribution is 6.05. The highest BCUT2D eigenvalue weighted by Gasteiger charge is 2.23. The molecule has 2 fully saturated rings. The fourth-order valence-electron chi connectivity index (χ4n) is 4.13. The highest BCUT2D eigenvalue weighted by Crippen LogP contribution is 2.23. The minimum absolute atomic E-state index is 0.175. The average molecular weight is 452 g/mol. The van der Waals surface area contributed by atoms with Crippen LogP contribution in [0.1, 0.15) is 16.8 Å². The molecule has 2 aliphatic heterocycles. The Hall–Kier alpha value is -3.23. The van der Waals surface area contributed by atoms with Crippen molar-refractivity contribution in [1.82, 2.24) is 10.2 Å². The second kappa shape index (κ2) is 11.1. The van der Waals surface area contributed by atoms with Crippen molar-refractivity contribution in [3.05, 3.63) is 66.6 Å². The van der Waals surface area contributed by atoms with Gasteiger partial charge in [0, 0.05) is 50.0 Å². The standard InChI is InChI=1S/C25H33N5O3/c1-19(33-17-14-29-12-15-32-16-13-29)27-21-10-11-30(18-21)22-8-6-20(7-9-22)25(31)28-24-5-3-2-4-23(24)26/h2-9,21,27H,1,10-18,26H2,(H,28,31)/t21-/m0/s1. The van der Waals surface area contributed by atoms with E-state index in [-0.39, 0.29) is 11.9 Å². The minimum atomic E-state index is -0.175. The van der Waals surface area contributed by atoms with Gasteiger partial charge in [0.25, 0.3) is 5.91 Å². The number of morpholine rings is 1. The Bertz CT molecular complexity index is 943. The number of nitrogens with one attached hydrogen (secondary N) is 2. The van der Waals surface area contributed by atoms with Crippen LogP contribution < -0.4 is 21.3 Å². The molecule has 0 aromatic heterocycles. The number of hydrogen-bond acceptors (Lipinski definition) is 7. The van der Waals surface area contributed by atoms with Crippen molar-refractivity contribution in [3.63, 3.8) is 0 Å². The van der Waals surface area contributed by atoms with Crippen LogP contribution in [0.3, 0.4) is 0 Å². The zero-order valence-corrected chi connectivity index (χ0v) is 19.0. The van der Waals surface area contributed by atoms with Crippen LogP contribution in [0.2, 0.25) is 0 Å². The molecule has 4 N–H and O–H groups in total. The lowest BCUT2D eigenvalue weighted by atomic mass is 10.1. The van der Waals surface area contributed by atoms with Crippen LogP contribution in [0.5, 0.6) is 0 Å². The lowest BCUT2D eigenvalue weighted by Crippen LogP contribution is -2.39. The van der Waals surface area contributed by atoms with Crippen LogP contribution in [-0.4, -0.2) is 69.4 Å². The third-order valence-electron chi connectivity index (χ3n) is 6.04. The Morgan fingerprint density at radius 3 is 2.64 bits per heavy atom. The number of nitrogens with zero attached hydrogens (tertiary/aromatic N) is 2. The lowest BCUT2D eigenvalue weighted by molar-refractivity contribution is 0.0263. The number of nitrogens with two attached hydrogens (primary N) is 1.